The molecular weight excluding hydrogens is 374 g/mol. The minimum atomic E-state index is 0.731. The van der Waals surface area contributed by atoms with Crippen LogP contribution in [0.4, 0.5) is 0 Å². The summed E-state index contributed by atoms with van der Waals surface area (Å²) in [5.41, 5.74) is 2.55. The molecule has 1 aliphatic rings. The summed E-state index contributed by atoms with van der Waals surface area (Å²) in [6, 6.07) is 14.8. The molecule has 1 aliphatic heterocycles. The topological polar surface area (TPSA) is 29.8 Å². The van der Waals surface area contributed by atoms with Crippen LogP contribution in [0, 0.1) is 0 Å². The van der Waals surface area contributed by atoms with Gasteiger partial charge in [0.1, 0.15) is 0 Å². The van der Waals surface area contributed by atoms with Crippen LogP contribution in [0.2, 0.25) is 0 Å². The zero-order valence-electron chi connectivity index (χ0n) is 15.4. The second-order valence-electron chi connectivity index (χ2n) is 6.64. The largest absolute Gasteiger partial charge is 0.379 e. The lowest BCUT2D eigenvalue weighted by Gasteiger charge is -2.26. The average molecular weight is 400 g/mol. The van der Waals surface area contributed by atoms with Gasteiger partial charge in [0, 0.05) is 31.6 Å². The number of nitrogens with zero attached hydrogens (tertiary/aromatic N) is 3. The molecule has 4 nitrogen and oxygen atoms in total. The fraction of sp³-hybridized carbons (Fsp3) is 0.381. The molecule has 0 radical (unpaired) electrons. The molecule has 3 heterocycles. The van der Waals surface area contributed by atoms with Crippen molar-refractivity contribution < 1.29 is 4.74 Å². The van der Waals surface area contributed by atoms with Crippen LogP contribution in [0.1, 0.15) is 12.0 Å². The Morgan fingerprint density at radius 2 is 1.81 bits per heavy atom. The summed E-state index contributed by atoms with van der Waals surface area (Å²) in [4.78, 5) is 9.86. The minimum absolute atomic E-state index is 0.731. The van der Waals surface area contributed by atoms with Gasteiger partial charge in [-0.3, -0.25) is 9.89 Å². The van der Waals surface area contributed by atoms with Crippen LogP contribution in [0.25, 0.3) is 10.6 Å². The molecule has 4 rings (SSSR count). The third kappa shape index (κ3) is 4.96. The molecule has 6 heteroatoms. The van der Waals surface area contributed by atoms with Crippen LogP contribution in [0.3, 0.4) is 0 Å². The maximum Gasteiger partial charge on any atom is 0.185 e. The number of thiophene rings is 1. The lowest BCUT2D eigenvalue weighted by Crippen LogP contribution is -2.37. The predicted molar refractivity (Wildman–Crippen MR) is 113 cm³/mol. The molecular formula is C21H25N3OS2. The van der Waals surface area contributed by atoms with Crippen LogP contribution in [0.5, 0.6) is 0 Å². The van der Waals surface area contributed by atoms with E-state index in [4.69, 9.17) is 9.73 Å². The molecule has 142 valence electrons. The summed E-state index contributed by atoms with van der Waals surface area (Å²) >= 11 is 3.55. The van der Waals surface area contributed by atoms with E-state index in [0.717, 1.165) is 57.2 Å². The van der Waals surface area contributed by atoms with Crippen molar-refractivity contribution in [3.05, 3.63) is 63.6 Å². The molecule has 0 N–H and O–H groups in total. The number of aromatic nitrogens is 1. The average Bonchev–Trinajstić information content (AvgIpc) is 3.38. The zero-order chi connectivity index (χ0) is 18.3. The normalized spacial score (nSPS) is 16.1. The molecule has 0 amide bonds. The maximum atomic E-state index is 5.45. The summed E-state index contributed by atoms with van der Waals surface area (Å²) in [5.74, 6) is 0. The zero-order valence-corrected chi connectivity index (χ0v) is 17.1. The molecule has 0 saturated carbocycles. The van der Waals surface area contributed by atoms with E-state index in [1.165, 1.54) is 16.1 Å². The van der Waals surface area contributed by atoms with E-state index in [9.17, 15) is 0 Å². The molecule has 1 fully saturated rings. The first-order valence-electron chi connectivity index (χ1n) is 9.47. The molecule has 0 bridgehead atoms. The van der Waals surface area contributed by atoms with Gasteiger partial charge in [0.2, 0.25) is 0 Å². The van der Waals surface area contributed by atoms with Crippen LogP contribution in [-0.2, 0) is 17.8 Å². The first-order valence-corrected chi connectivity index (χ1v) is 11.2. The van der Waals surface area contributed by atoms with E-state index in [2.05, 4.69) is 62.7 Å². The van der Waals surface area contributed by atoms with E-state index >= 15 is 0 Å². The summed E-state index contributed by atoms with van der Waals surface area (Å²) in [6.07, 6.45) is 1.13. The second-order valence-corrected chi connectivity index (χ2v) is 8.43. The van der Waals surface area contributed by atoms with Gasteiger partial charge in [-0.25, -0.2) is 0 Å². The highest BCUT2D eigenvalue weighted by Gasteiger charge is 2.12. The van der Waals surface area contributed by atoms with Crippen molar-refractivity contribution in [3.8, 4) is 10.6 Å². The Bertz CT molecular complexity index is 878. The van der Waals surface area contributed by atoms with E-state index in [0.29, 0.717) is 0 Å². The lowest BCUT2D eigenvalue weighted by molar-refractivity contribution is 0.0369. The third-order valence-electron chi connectivity index (χ3n) is 4.77. The molecule has 3 aromatic rings. The van der Waals surface area contributed by atoms with Gasteiger partial charge in [-0.2, -0.15) is 0 Å². The van der Waals surface area contributed by atoms with Crippen LogP contribution in [-0.4, -0.2) is 42.3 Å². The van der Waals surface area contributed by atoms with Crippen molar-refractivity contribution in [2.45, 2.75) is 19.5 Å². The number of benzene rings is 1. The first kappa shape index (κ1) is 18.6. The van der Waals surface area contributed by atoms with Gasteiger partial charge in [0.15, 0.2) is 4.80 Å². The number of rotatable bonds is 7. The van der Waals surface area contributed by atoms with Gasteiger partial charge in [0.05, 0.1) is 30.3 Å². The summed E-state index contributed by atoms with van der Waals surface area (Å²) in [5, 5.41) is 4.40. The van der Waals surface area contributed by atoms with E-state index < -0.39 is 0 Å². The number of hydrogen-bond donors (Lipinski definition) is 0. The second kappa shape index (κ2) is 9.46. The Kier molecular flexibility index (Phi) is 6.53. The van der Waals surface area contributed by atoms with Gasteiger partial charge >= 0.3 is 0 Å². The number of hydrogen-bond acceptors (Lipinski definition) is 5. The molecule has 0 atom stereocenters. The van der Waals surface area contributed by atoms with E-state index in [-0.39, 0.29) is 0 Å². The Balaban J connectivity index is 1.52. The fourth-order valence-corrected chi connectivity index (χ4v) is 5.07. The van der Waals surface area contributed by atoms with Gasteiger partial charge in [-0.05, 0) is 23.4 Å². The number of ether oxygens (including phenoxy) is 1. The van der Waals surface area contributed by atoms with Gasteiger partial charge in [0.25, 0.3) is 0 Å². The Hall–Kier alpha value is -1.73. The van der Waals surface area contributed by atoms with Crippen LogP contribution < -0.4 is 4.80 Å². The van der Waals surface area contributed by atoms with Crippen molar-refractivity contribution in [1.82, 2.24) is 9.47 Å². The van der Waals surface area contributed by atoms with E-state index in [1.807, 2.05) is 0 Å². The van der Waals surface area contributed by atoms with Crippen molar-refractivity contribution in [2.75, 3.05) is 32.8 Å². The number of morpholine rings is 1. The van der Waals surface area contributed by atoms with Gasteiger partial charge in [-0.1, -0.05) is 36.4 Å². The first-order chi connectivity index (χ1) is 13.4. The third-order valence-corrected chi connectivity index (χ3v) is 6.56. The Labute approximate surface area is 168 Å². The van der Waals surface area contributed by atoms with Crippen molar-refractivity contribution in [1.29, 1.82) is 0 Å². The van der Waals surface area contributed by atoms with E-state index in [1.54, 1.807) is 22.7 Å². The molecule has 2 aromatic heterocycles. The van der Waals surface area contributed by atoms with Crippen LogP contribution >= 0.6 is 22.7 Å². The quantitative estimate of drug-likeness (QED) is 0.599. The van der Waals surface area contributed by atoms with Crippen molar-refractivity contribution in [3.63, 3.8) is 0 Å². The molecule has 1 aromatic carbocycles. The highest BCUT2D eigenvalue weighted by atomic mass is 32.1. The minimum Gasteiger partial charge on any atom is -0.379 e. The summed E-state index contributed by atoms with van der Waals surface area (Å²) in [7, 11) is 0. The highest BCUT2D eigenvalue weighted by molar-refractivity contribution is 7.14. The Morgan fingerprint density at radius 3 is 2.59 bits per heavy atom. The summed E-state index contributed by atoms with van der Waals surface area (Å²) in [6.45, 7) is 6.69. The monoisotopic (exact) mass is 399 g/mol. The van der Waals surface area contributed by atoms with Crippen molar-refractivity contribution >= 4 is 22.7 Å². The van der Waals surface area contributed by atoms with Gasteiger partial charge in [-0.15, -0.1) is 22.7 Å². The molecule has 27 heavy (non-hydrogen) atoms. The fourth-order valence-electron chi connectivity index (χ4n) is 3.31. The molecule has 0 unspecified atom stereocenters. The smallest absolute Gasteiger partial charge is 0.185 e. The molecule has 0 spiro atoms. The maximum absolute atomic E-state index is 5.45. The standard InChI is InChI=1S/C21H25N3OS2/c1-2-6-18(7-3-1)16-22-21-24(10-5-9-23-11-13-25-14-12-23)19(17-27-21)20-8-4-15-26-20/h1-4,6-8,15,17H,5,9-14,16H2. The van der Waals surface area contributed by atoms with Crippen LogP contribution in [0.15, 0.2) is 58.2 Å². The predicted octanol–water partition coefficient (Wildman–Crippen LogP) is 4.10. The van der Waals surface area contributed by atoms with Crippen molar-refractivity contribution in [2.24, 2.45) is 4.99 Å². The number of thiazole rings is 1. The molecule has 0 aliphatic carbocycles. The SMILES string of the molecule is c1ccc(CN=c2scc(-c3cccs3)n2CCCN2CCOCC2)cc1. The highest BCUT2D eigenvalue weighted by Crippen LogP contribution is 2.25. The Morgan fingerprint density at radius 1 is 0.963 bits per heavy atom. The molecule has 1 saturated heterocycles. The summed E-state index contributed by atoms with van der Waals surface area (Å²) < 4.78 is 7.86. The van der Waals surface area contributed by atoms with Gasteiger partial charge < -0.3 is 9.30 Å². The lowest BCUT2D eigenvalue weighted by atomic mass is 10.2.